The lowest BCUT2D eigenvalue weighted by molar-refractivity contribution is 0.140. The average molecular weight is 234 g/mol. The van der Waals surface area contributed by atoms with E-state index in [0.29, 0.717) is 19.1 Å². The normalized spacial score (nSPS) is 10.6. The molecule has 0 aromatic heterocycles. The minimum absolute atomic E-state index is 0.313. The van der Waals surface area contributed by atoms with Crippen molar-refractivity contribution in [1.82, 2.24) is 5.32 Å². The van der Waals surface area contributed by atoms with Crippen LogP contribution in [0, 0.1) is 11.8 Å². The molecule has 3 heteroatoms. The Kier molecular flexibility index (Phi) is 5.53. The fourth-order valence-electron chi connectivity index (χ4n) is 1.19. The maximum atomic E-state index is 11.4. The monoisotopic (exact) mass is 234 g/mol. The number of hydrogen-bond acceptors (Lipinski definition) is 2. The highest BCUT2D eigenvalue weighted by Gasteiger charge is 2.09. The van der Waals surface area contributed by atoms with Gasteiger partial charge in [0.1, 0.15) is 6.61 Å². The molecule has 1 N–H and O–H groups in total. The number of rotatable bonds is 5. The van der Waals surface area contributed by atoms with Gasteiger partial charge in [0.2, 0.25) is 0 Å². The Morgan fingerprint density at radius 2 is 1.94 bits per heavy atom. The topological polar surface area (TPSA) is 38.3 Å². The molecule has 0 aliphatic carbocycles. The summed E-state index contributed by atoms with van der Waals surface area (Å²) < 4.78 is 5.09. The second-order valence-corrected chi connectivity index (χ2v) is 4.42. The van der Waals surface area contributed by atoms with Gasteiger partial charge in [-0.25, -0.2) is 4.79 Å². The fourth-order valence-corrected chi connectivity index (χ4v) is 1.19. The minimum Gasteiger partial charge on any atom is -0.445 e. The van der Waals surface area contributed by atoms with Gasteiger partial charge in [-0.2, -0.15) is 0 Å². The van der Waals surface area contributed by atoms with Gasteiger partial charge >= 0.3 is 6.09 Å². The molecule has 0 unspecified atom stereocenters. The van der Waals surface area contributed by atoms with Crippen molar-refractivity contribution >= 4 is 6.09 Å². The highest BCUT2D eigenvalue weighted by atomic mass is 16.5. The summed E-state index contributed by atoms with van der Waals surface area (Å²) in [7, 11) is 0. The van der Waals surface area contributed by atoms with E-state index in [1.165, 1.54) is 5.92 Å². The molecule has 93 valence electrons. The molecule has 0 saturated carbocycles. The van der Waals surface area contributed by atoms with E-state index in [-0.39, 0.29) is 6.09 Å². The Labute approximate surface area is 103 Å². The molecule has 3 nitrogen and oxygen atoms in total. The van der Waals surface area contributed by atoms with Crippen LogP contribution >= 0.6 is 0 Å². The van der Waals surface area contributed by atoms with Crippen LogP contribution in [0.2, 0.25) is 0 Å². The number of ether oxygens (including phenoxy) is 1. The van der Waals surface area contributed by atoms with Crippen LogP contribution in [0.1, 0.15) is 26.3 Å². The SMILES string of the molecule is C[C](CNC(=O)OCc1ccccc1)C(C)C. The molecule has 0 spiro atoms. The Morgan fingerprint density at radius 3 is 2.53 bits per heavy atom. The third-order valence-electron chi connectivity index (χ3n) is 2.71. The summed E-state index contributed by atoms with van der Waals surface area (Å²) in [4.78, 5) is 11.4. The Balaban J connectivity index is 2.22. The third-order valence-corrected chi connectivity index (χ3v) is 2.71. The van der Waals surface area contributed by atoms with Gasteiger partial charge in [-0.1, -0.05) is 51.1 Å². The highest BCUT2D eigenvalue weighted by Crippen LogP contribution is 2.10. The zero-order valence-electron chi connectivity index (χ0n) is 10.7. The maximum Gasteiger partial charge on any atom is 0.407 e. The second kappa shape index (κ2) is 6.94. The Bertz CT molecular complexity index is 335. The largest absolute Gasteiger partial charge is 0.445 e. The van der Waals surface area contributed by atoms with Gasteiger partial charge in [-0.05, 0) is 17.4 Å². The standard InChI is InChI=1S/C14H20NO2/c1-11(2)12(3)9-15-14(16)17-10-13-7-5-4-6-8-13/h4-8,11H,9-10H2,1-3H3,(H,15,16). The molecule has 0 atom stereocenters. The van der Waals surface area contributed by atoms with Crippen molar-refractivity contribution < 1.29 is 9.53 Å². The zero-order valence-corrected chi connectivity index (χ0v) is 10.7. The van der Waals surface area contributed by atoms with Gasteiger partial charge < -0.3 is 10.1 Å². The number of hydrogen-bond donors (Lipinski definition) is 1. The summed E-state index contributed by atoms with van der Waals surface area (Å²) in [6.45, 7) is 7.12. The molecular weight excluding hydrogens is 214 g/mol. The maximum absolute atomic E-state index is 11.4. The van der Waals surface area contributed by atoms with Gasteiger partial charge in [-0.3, -0.25) is 0 Å². The molecule has 1 aromatic carbocycles. The van der Waals surface area contributed by atoms with E-state index in [9.17, 15) is 4.79 Å². The summed E-state index contributed by atoms with van der Waals surface area (Å²) in [5, 5.41) is 2.74. The molecular formula is C14H20NO2. The molecule has 1 amide bonds. The number of alkyl carbamates (subject to hydrolysis) is 1. The van der Waals surface area contributed by atoms with E-state index in [0.717, 1.165) is 5.56 Å². The van der Waals surface area contributed by atoms with E-state index in [1.54, 1.807) is 0 Å². The average Bonchev–Trinajstić information content (AvgIpc) is 2.34. The number of carbonyl (C=O) groups excluding carboxylic acids is 1. The van der Waals surface area contributed by atoms with Crippen molar-refractivity contribution in [3.63, 3.8) is 0 Å². The number of amides is 1. The summed E-state index contributed by atoms with van der Waals surface area (Å²) in [5.74, 6) is 1.71. The van der Waals surface area contributed by atoms with Crippen LogP contribution in [0.25, 0.3) is 0 Å². The molecule has 0 bridgehead atoms. The van der Waals surface area contributed by atoms with Crippen molar-refractivity contribution in [3.8, 4) is 0 Å². The van der Waals surface area contributed by atoms with Gasteiger partial charge in [0.05, 0.1) is 0 Å². The molecule has 0 fully saturated rings. The van der Waals surface area contributed by atoms with Crippen LogP contribution < -0.4 is 5.32 Å². The number of carbonyl (C=O) groups is 1. The summed E-state index contributed by atoms with van der Waals surface area (Å²) in [5.41, 5.74) is 0.993. The number of benzene rings is 1. The Morgan fingerprint density at radius 1 is 1.29 bits per heavy atom. The van der Waals surface area contributed by atoms with Crippen LogP contribution in [-0.4, -0.2) is 12.6 Å². The fraction of sp³-hybridized carbons (Fsp3) is 0.429. The van der Waals surface area contributed by atoms with Crippen LogP contribution in [0.4, 0.5) is 4.79 Å². The van der Waals surface area contributed by atoms with Crippen molar-refractivity contribution in [2.45, 2.75) is 27.4 Å². The summed E-state index contributed by atoms with van der Waals surface area (Å²) in [6, 6.07) is 9.64. The first-order valence-electron chi connectivity index (χ1n) is 5.86. The van der Waals surface area contributed by atoms with E-state index in [4.69, 9.17) is 4.74 Å². The number of nitrogens with one attached hydrogen (secondary N) is 1. The van der Waals surface area contributed by atoms with Crippen LogP contribution in [0.15, 0.2) is 30.3 Å². The quantitative estimate of drug-likeness (QED) is 0.849. The van der Waals surface area contributed by atoms with Crippen LogP contribution in [0.3, 0.4) is 0 Å². The lowest BCUT2D eigenvalue weighted by Crippen LogP contribution is -2.29. The van der Waals surface area contributed by atoms with Gasteiger partial charge in [0.25, 0.3) is 0 Å². The summed E-state index contributed by atoms with van der Waals surface area (Å²) in [6.07, 6.45) is -0.367. The lowest BCUT2D eigenvalue weighted by Gasteiger charge is -2.15. The predicted octanol–water partition coefficient (Wildman–Crippen LogP) is 3.16. The van der Waals surface area contributed by atoms with E-state index >= 15 is 0 Å². The molecule has 0 aliphatic rings. The third kappa shape index (κ3) is 5.38. The van der Waals surface area contributed by atoms with E-state index in [1.807, 2.05) is 37.3 Å². The molecule has 0 heterocycles. The van der Waals surface area contributed by atoms with E-state index in [2.05, 4.69) is 19.2 Å². The van der Waals surface area contributed by atoms with Crippen molar-refractivity contribution in [1.29, 1.82) is 0 Å². The molecule has 0 saturated heterocycles. The zero-order chi connectivity index (χ0) is 12.7. The summed E-state index contributed by atoms with van der Waals surface area (Å²) >= 11 is 0. The van der Waals surface area contributed by atoms with Crippen LogP contribution in [-0.2, 0) is 11.3 Å². The van der Waals surface area contributed by atoms with Crippen molar-refractivity contribution in [2.75, 3.05) is 6.54 Å². The molecule has 0 aliphatic heterocycles. The molecule has 17 heavy (non-hydrogen) atoms. The predicted molar refractivity (Wildman–Crippen MR) is 68.4 cm³/mol. The minimum atomic E-state index is -0.367. The molecule has 1 radical (unpaired) electrons. The second-order valence-electron chi connectivity index (χ2n) is 4.42. The lowest BCUT2D eigenvalue weighted by atomic mass is 9.98. The Hall–Kier alpha value is -1.51. The first kappa shape index (κ1) is 13.6. The smallest absolute Gasteiger partial charge is 0.407 e. The van der Waals surface area contributed by atoms with Crippen molar-refractivity contribution in [3.05, 3.63) is 41.8 Å². The van der Waals surface area contributed by atoms with Crippen molar-refractivity contribution in [2.24, 2.45) is 5.92 Å². The van der Waals surface area contributed by atoms with Gasteiger partial charge in [0.15, 0.2) is 0 Å². The van der Waals surface area contributed by atoms with Gasteiger partial charge in [-0.15, -0.1) is 0 Å². The first-order valence-corrected chi connectivity index (χ1v) is 5.86. The molecule has 1 rings (SSSR count). The van der Waals surface area contributed by atoms with Crippen LogP contribution in [0.5, 0.6) is 0 Å². The molecule has 1 aromatic rings. The highest BCUT2D eigenvalue weighted by molar-refractivity contribution is 5.67. The van der Waals surface area contributed by atoms with Gasteiger partial charge in [0, 0.05) is 6.54 Å². The first-order chi connectivity index (χ1) is 8.09. The van der Waals surface area contributed by atoms with E-state index < -0.39 is 0 Å².